The first-order valence-corrected chi connectivity index (χ1v) is 9.53. The Kier molecular flexibility index (Phi) is 6.59. The summed E-state index contributed by atoms with van der Waals surface area (Å²) in [5.74, 6) is 0. The van der Waals surface area contributed by atoms with Crippen LogP contribution in [0.2, 0.25) is 0 Å². The van der Waals surface area contributed by atoms with Crippen LogP contribution in [0.5, 0.6) is 0 Å². The summed E-state index contributed by atoms with van der Waals surface area (Å²) in [4.78, 5) is 12.2. The molecule has 144 valence electrons. The lowest BCUT2D eigenvalue weighted by Gasteiger charge is -2.25. The number of nitrogens with zero attached hydrogens (tertiary/aromatic N) is 4. The third-order valence-electron chi connectivity index (χ3n) is 4.58. The van der Waals surface area contributed by atoms with Crippen LogP contribution in [0.1, 0.15) is 44.7 Å². The molecule has 3 aromatic rings. The minimum absolute atomic E-state index is 0.310. The minimum atomic E-state index is 0.310. The second-order valence-corrected chi connectivity index (χ2v) is 6.87. The summed E-state index contributed by atoms with van der Waals surface area (Å²) in [5.41, 5.74) is 5.68. The molecule has 7 heteroatoms. The Balaban J connectivity index is 0.000000159. The van der Waals surface area contributed by atoms with Crippen molar-refractivity contribution in [1.82, 2.24) is 19.5 Å². The molecule has 7 nitrogen and oxygen atoms in total. The maximum Gasteiger partial charge on any atom is 0.163 e. The van der Waals surface area contributed by atoms with Crippen molar-refractivity contribution in [2.24, 2.45) is 0 Å². The predicted octanol–water partition coefficient (Wildman–Crippen LogP) is 3.59. The van der Waals surface area contributed by atoms with Gasteiger partial charge in [0.05, 0.1) is 12.5 Å². The minimum Gasteiger partial charge on any atom is -0.396 e. The highest BCUT2D eigenvalue weighted by atomic mass is 16.2. The lowest BCUT2D eigenvalue weighted by Crippen LogP contribution is -2.16. The smallest absolute Gasteiger partial charge is 0.163 e. The van der Waals surface area contributed by atoms with Crippen LogP contribution in [0.25, 0.3) is 11.2 Å². The van der Waals surface area contributed by atoms with Gasteiger partial charge in [0.25, 0.3) is 0 Å². The normalized spacial score (nSPS) is 12.0. The van der Waals surface area contributed by atoms with E-state index in [0.717, 1.165) is 43.5 Å². The van der Waals surface area contributed by atoms with E-state index in [0.29, 0.717) is 12.6 Å². The van der Waals surface area contributed by atoms with Crippen molar-refractivity contribution < 1.29 is 5.11 Å². The van der Waals surface area contributed by atoms with E-state index in [1.54, 1.807) is 18.9 Å². The van der Waals surface area contributed by atoms with Gasteiger partial charge in [-0.3, -0.25) is 0 Å². The number of fused-ring (bicyclic) bond motifs is 2. The molecule has 1 aliphatic heterocycles. The van der Waals surface area contributed by atoms with E-state index in [9.17, 15) is 0 Å². The molecule has 0 spiro atoms. The summed E-state index contributed by atoms with van der Waals surface area (Å²) in [5, 5.41) is 15.4. The molecule has 3 heterocycles. The fourth-order valence-corrected chi connectivity index (χ4v) is 2.98. The Morgan fingerprint density at radius 3 is 2.85 bits per heavy atom. The van der Waals surface area contributed by atoms with Crippen molar-refractivity contribution >= 4 is 22.5 Å². The fourth-order valence-electron chi connectivity index (χ4n) is 2.98. The van der Waals surface area contributed by atoms with Gasteiger partial charge >= 0.3 is 0 Å². The van der Waals surface area contributed by atoms with Crippen molar-refractivity contribution in [1.29, 1.82) is 0 Å². The van der Waals surface area contributed by atoms with E-state index in [1.807, 2.05) is 4.57 Å². The highest BCUT2D eigenvalue weighted by Gasteiger charge is 2.14. The van der Waals surface area contributed by atoms with Gasteiger partial charge in [0.15, 0.2) is 5.65 Å². The van der Waals surface area contributed by atoms with E-state index in [4.69, 9.17) is 5.11 Å². The SMILES string of the molecule is CC(C)n1cnc2cncnc21.OCCCCCNc1cccc2c1CN2. The van der Waals surface area contributed by atoms with Crippen LogP contribution in [0, 0.1) is 0 Å². The Hall–Kier alpha value is -2.67. The van der Waals surface area contributed by atoms with Crippen molar-refractivity contribution in [3.63, 3.8) is 0 Å². The van der Waals surface area contributed by atoms with Gasteiger partial charge in [0.2, 0.25) is 0 Å². The zero-order valence-electron chi connectivity index (χ0n) is 16.0. The fraction of sp³-hybridized carbons (Fsp3) is 0.450. The first kappa shape index (κ1) is 19.1. The van der Waals surface area contributed by atoms with Crippen molar-refractivity contribution in [3.05, 3.63) is 42.6 Å². The average molecular weight is 368 g/mol. The highest BCUT2D eigenvalue weighted by molar-refractivity contribution is 5.71. The molecule has 0 amide bonds. The molecule has 0 unspecified atom stereocenters. The van der Waals surface area contributed by atoms with Crippen LogP contribution in [0.15, 0.2) is 37.1 Å². The van der Waals surface area contributed by atoms with Crippen LogP contribution in [0.4, 0.5) is 11.4 Å². The standard InChI is InChI=1S/C12H18N2O.C8H10N4/c15-8-3-1-2-7-13-11-5-4-6-12-10(11)9-14-12;1-6(2)12-5-11-7-3-9-4-10-8(7)12/h4-6,13-15H,1-3,7-9H2;3-6H,1-2H3. The Morgan fingerprint density at radius 2 is 2.11 bits per heavy atom. The number of rotatable bonds is 7. The number of aliphatic hydroxyl groups is 1. The molecule has 2 aromatic heterocycles. The van der Waals surface area contributed by atoms with Gasteiger partial charge in [0, 0.05) is 42.7 Å². The van der Waals surface area contributed by atoms with Gasteiger partial charge in [-0.1, -0.05) is 6.07 Å². The Labute approximate surface area is 159 Å². The summed E-state index contributed by atoms with van der Waals surface area (Å²) in [6, 6.07) is 6.70. The molecule has 0 radical (unpaired) electrons. The van der Waals surface area contributed by atoms with Crippen LogP contribution in [-0.4, -0.2) is 37.8 Å². The molecule has 0 atom stereocenters. The zero-order chi connectivity index (χ0) is 19.1. The topological polar surface area (TPSA) is 87.9 Å². The monoisotopic (exact) mass is 368 g/mol. The number of aliphatic hydroxyl groups excluding tert-OH is 1. The molecular weight excluding hydrogens is 340 g/mol. The Bertz CT molecular complexity index is 861. The van der Waals surface area contributed by atoms with Gasteiger partial charge in [-0.25, -0.2) is 15.0 Å². The van der Waals surface area contributed by atoms with Crippen LogP contribution >= 0.6 is 0 Å². The van der Waals surface area contributed by atoms with Gasteiger partial charge in [-0.05, 0) is 45.2 Å². The molecule has 27 heavy (non-hydrogen) atoms. The molecule has 1 aliphatic rings. The maximum absolute atomic E-state index is 8.64. The van der Waals surface area contributed by atoms with Gasteiger partial charge in [-0.2, -0.15) is 0 Å². The third-order valence-corrected chi connectivity index (χ3v) is 4.58. The number of nitrogens with one attached hydrogen (secondary N) is 2. The number of hydrogen-bond donors (Lipinski definition) is 3. The van der Waals surface area contributed by atoms with Crippen molar-refractivity contribution in [3.8, 4) is 0 Å². The second-order valence-electron chi connectivity index (χ2n) is 6.87. The van der Waals surface area contributed by atoms with E-state index < -0.39 is 0 Å². The molecule has 0 aliphatic carbocycles. The first-order chi connectivity index (χ1) is 13.2. The van der Waals surface area contributed by atoms with E-state index in [2.05, 4.69) is 57.6 Å². The third kappa shape index (κ3) is 4.74. The number of benzene rings is 1. The number of aromatic nitrogens is 4. The molecule has 0 saturated carbocycles. The van der Waals surface area contributed by atoms with Crippen LogP contribution < -0.4 is 10.6 Å². The van der Waals surface area contributed by atoms with Gasteiger partial charge < -0.3 is 20.3 Å². The summed E-state index contributed by atoms with van der Waals surface area (Å²) in [7, 11) is 0. The second kappa shape index (κ2) is 9.32. The molecule has 0 fully saturated rings. The van der Waals surface area contributed by atoms with Crippen molar-refractivity contribution in [2.45, 2.75) is 45.7 Å². The summed E-state index contributed by atoms with van der Waals surface area (Å²) in [6.07, 6.45) is 8.19. The van der Waals surface area contributed by atoms with E-state index in [-0.39, 0.29) is 0 Å². The molecular formula is C20H28N6O. The van der Waals surface area contributed by atoms with E-state index >= 15 is 0 Å². The average Bonchev–Trinajstić information content (AvgIpc) is 3.08. The number of anilines is 2. The quantitative estimate of drug-likeness (QED) is 0.552. The molecule has 3 N–H and O–H groups in total. The Morgan fingerprint density at radius 1 is 1.22 bits per heavy atom. The van der Waals surface area contributed by atoms with Crippen LogP contribution in [0.3, 0.4) is 0 Å². The number of unbranched alkanes of at least 4 members (excludes halogenated alkanes) is 2. The number of hydrogen-bond acceptors (Lipinski definition) is 6. The largest absolute Gasteiger partial charge is 0.396 e. The first-order valence-electron chi connectivity index (χ1n) is 9.53. The van der Waals surface area contributed by atoms with E-state index in [1.165, 1.54) is 16.9 Å². The summed E-state index contributed by atoms with van der Waals surface area (Å²) >= 11 is 0. The molecule has 4 rings (SSSR count). The zero-order valence-corrected chi connectivity index (χ0v) is 16.0. The molecule has 0 bridgehead atoms. The van der Waals surface area contributed by atoms with Gasteiger partial charge in [-0.15, -0.1) is 0 Å². The lowest BCUT2D eigenvalue weighted by atomic mass is 10.0. The van der Waals surface area contributed by atoms with Crippen LogP contribution in [-0.2, 0) is 6.54 Å². The lowest BCUT2D eigenvalue weighted by molar-refractivity contribution is 0.283. The maximum atomic E-state index is 8.64. The number of imidazole rings is 1. The van der Waals surface area contributed by atoms with Gasteiger partial charge in [0.1, 0.15) is 11.8 Å². The predicted molar refractivity (Wildman–Crippen MR) is 109 cm³/mol. The summed E-state index contributed by atoms with van der Waals surface area (Å²) in [6.45, 7) is 6.49. The molecule has 0 saturated heterocycles. The molecule has 1 aromatic carbocycles. The highest BCUT2D eigenvalue weighted by Crippen LogP contribution is 2.31. The van der Waals surface area contributed by atoms with Crippen molar-refractivity contribution in [2.75, 3.05) is 23.8 Å². The summed E-state index contributed by atoms with van der Waals surface area (Å²) < 4.78 is 2.02.